The lowest BCUT2D eigenvalue weighted by Crippen LogP contribution is -2.50. The molecule has 2 fully saturated rings. The SMILES string of the molecule is CC[Si](Cl)(O[Si](Cl)(CC)C1CCCCC1)C1CCCCC1. The molecular weight excluding hydrogens is 335 g/mol. The predicted molar refractivity (Wildman–Crippen MR) is 98.9 cm³/mol. The third-order valence-electron chi connectivity index (χ3n) is 5.73. The lowest BCUT2D eigenvalue weighted by molar-refractivity contribution is 0.415. The maximum absolute atomic E-state index is 7.15. The zero-order valence-corrected chi connectivity index (χ0v) is 17.3. The molecule has 0 saturated heterocycles. The van der Waals surface area contributed by atoms with Gasteiger partial charge in [0.1, 0.15) is 0 Å². The zero-order valence-electron chi connectivity index (χ0n) is 13.8. The van der Waals surface area contributed by atoms with Crippen LogP contribution in [0.15, 0.2) is 0 Å². The topological polar surface area (TPSA) is 9.23 Å². The summed E-state index contributed by atoms with van der Waals surface area (Å²) < 4.78 is 6.81. The molecule has 0 aromatic heterocycles. The van der Waals surface area contributed by atoms with E-state index in [0.29, 0.717) is 11.1 Å². The Morgan fingerprint density at radius 3 is 1.33 bits per heavy atom. The molecule has 0 amide bonds. The lowest BCUT2D eigenvalue weighted by Gasteiger charge is -2.43. The fraction of sp³-hybridized carbons (Fsp3) is 1.00. The molecule has 0 bridgehead atoms. The molecule has 5 heteroatoms. The predicted octanol–water partition coefficient (Wildman–Crippen LogP) is 7.07. The van der Waals surface area contributed by atoms with E-state index in [9.17, 15) is 0 Å². The smallest absolute Gasteiger partial charge is 0.283 e. The molecule has 124 valence electrons. The monoisotopic (exact) mass is 366 g/mol. The Kier molecular flexibility index (Phi) is 7.14. The van der Waals surface area contributed by atoms with Gasteiger partial charge in [-0.25, -0.2) is 0 Å². The Morgan fingerprint density at radius 2 is 1.05 bits per heavy atom. The summed E-state index contributed by atoms with van der Waals surface area (Å²) in [7, 11) is -4.32. The number of halogens is 2. The van der Waals surface area contributed by atoms with E-state index in [1.807, 2.05) is 0 Å². The fourth-order valence-corrected chi connectivity index (χ4v) is 16.8. The molecule has 0 radical (unpaired) electrons. The van der Waals surface area contributed by atoms with Crippen molar-refractivity contribution in [2.24, 2.45) is 0 Å². The van der Waals surface area contributed by atoms with Gasteiger partial charge in [-0.05, 0) is 48.9 Å². The van der Waals surface area contributed by atoms with Gasteiger partial charge in [-0.1, -0.05) is 52.4 Å². The first kappa shape index (κ1) is 18.3. The summed E-state index contributed by atoms with van der Waals surface area (Å²) in [5.74, 6) is 0. The van der Waals surface area contributed by atoms with Crippen LogP contribution < -0.4 is 0 Å². The van der Waals surface area contributed by atoms with E-state index >= 15 is 0 Å². The highest BCUT2D eigenvalue weighted by atomic mass is 35.6. The van der Waals surface area contributed by atoms with Crippen molar-refractivity contribution in [1.29, 1.82) is 0 Å². The van der Waals surface area contributed by atoms with Gasteiger partial charge in [-0.3, -0.25) is 0 Å². The van der Waals surface area contributed by atoms with Crippen LogP contribution in [0.2, 0.25) is 23.2 Å². The summed E-state index contributed by atoms with van der Waals surface area (Å²) in [6.07, 6.45) is 13.2. The number of hydrogen-bond donors (Lipinski definition) is 0. The first-order chi connectivity index (χ1) is 10.0. The Hall–Kier alpha value is 0.974. The van der Waals surface area contributed by atoms with Gasteiger partial charge in [0.2, 0.25) is 0 Å². The van der Waals surface area contributed by atoms with Crippen molar-refractivity contribution in [2.75, 3.05) is 0 Å². The van der Waals surface area contributed by atoms with E-state index in [0.717, 1.165) is 12.1 Å². The van der Waals surface area contributed by atoms with Crippen LogP contribution in [0.3, 0.4) is 0 Å². The molecule has 1 nitrogen and oxygen atoms in total. The van der Waals surface area contributed by atoms with Gasteiger partial charge in [0.05, 0.1) is 0 Å². The minimum atomic E-state index is -2.16. The summed E-state index contributed by atoms with van der Waals surface area (Å²) in [4.78, 5) is 0. The van der Waals surface area contributed by atoms with E-state index < -0.39 is 15.3 Å². The fourth-order valence-electron chi connectivity index (χ4n) is 4.24. The summed E-state index contributed by atoms with van der Waals surface area (Å²) in [6, 6.07) is 2.04. The lowest BCUT2D eigenvalue weighted by atomic mass is 10.0. The molecule has 0 spiro atoms. The van der Waals surface area contributed by atoms with Crippen LogP contribution in [-0.4, -0.2) is 15.3 Å². The van der Waals surface area contributed by atoms with Crippen LogP contribution in [-0.2, 0) is 4.12 Å². The van der Waals surface area contributed by atoms with E-state index in [2.05, 4.69) is 13.8 Å². The summed E-state index contributed by atoms with van der Waals surface area (Å²) >= 11 is 14.3. The third kappa shape index (κ3) is 4.50. The van der Waals surface area contributed by atoms with Gasteiger partial charge in [0.25, 0.3) is 15.3 Å². The minimum Gasteiger partial charge on any atom is -0.432 e. The van der Waals surface area contributed by atoms with Crippen LogP contribution in [0.1, 0.15) is 78.1 Å². The highest BCUT2D eigenvalue weighted by Crippen LogP contribution is 2.49. The first-order valence-electron chi connectivity index (χ1n) is 9.12. The van der Waals surface area contributed by atoms with Gasteiger partial charge >= 0.3 is 0 Å². The first-order valence-corrected chi connectivity index (χ1v) is 15.5. The molecule has 2 rings (SSSR count). The summed E-state index contributed by atoms with van der Waals surface area (Å²) in [6.45, 7) is 4.46. The second kappa shape index (κ2) is 8.18. The van der Waals surface area contributed by atoms with Gasteiger partial charge < -0.3 is 4.12 Å². The Balaban J connectivity index is 2.08. The highest BCUT2D eigenvalue weighted by Gasteiger charge is 2.50. The normalized spacial score (nSPS) is 28.0. The second-order valence-corrected chi connectivity index (χ2v) is 17.9. The maximum Gasteiger partial charge on any atom is 0.283 e. The van der Waals surface area contributed by atoms with Crippen LogP contribution in [0.25, 0.3) is 0 Å². The van der Waals surface area contributed by atoms with E-state index in [-0.39, 0.29) is 0 Å². The van der Waals surface area contributed by atoms with Crippen molar-refractivity contribution in [2.45, 2.75) is 101 Å². The Labute approximate surface area is 142 Å². The maximum atomic E-state index is 7.15. The molecule has 0 aliphatic heterocycles. The zero-order chi connectivity index (χ0) is 15.3. The average Bonchev–Trinajstić information content (AvgIpc) is 2.56. The van der Waals surface area contributed by atoms with Crippen molar-refractivity contribution >= 4 is 37.4 Å². The van der Waals surface area contributed by atoms with Gasteiger partial charge in [0.15, 0.2) is 0 Å². The molecule has 0 aromatic rings. The van der Waals surface area contributed by atoms with Gasteiger partial charge in [0, 0.05) is 0 Å². The number of rotatable bonds is 6. The Bertz CT molecular complexity index is 289. The van der Waals surface area contributed by atoms with Crippen LogP contribution in [0, 0.1) is 0 Å². The van der Waals surface area contributed by atoms with Crippen molar-refractivity contribution in [3.8, 4) is 0 Å². The van der Waals surface area contributed by atoms with Crippen LogP contribution in [0.4, 0.5) is 0 Å². The van der Waals surface area contributed by atoms with E-state index in [1.54, 1.807) is 0 Å². The molecule has 2 unspecified atom stereocenters. The molecule has 2 atom stereocenters. The van der Waals surface area contributed by atoms with E-state index in [4.69, 9.17) is 26.3 Å². The van der Waals surface area contributed by atoms with Crippen molar-refractivity contribution in [1.82, 2.24) is 0 Å². The van der Waals surface area contributed by atoms with Crippen LogP contribution >= 0.6 is 22.2 Å². The van der Waals surface area contributed by atoms with E-state index in [1.165, 1.54) is 64.2 Å². The number of hydrogen-bond acceptors (Lipinski definition) is 1. The molecule has 0 aromatic carbocycles. The third-order valence-corrected chi connectivity index (χ3v) is 18.8. The standard InChI is InChI=1S/C16H32Cl2OSi2/c1-3-20(17,15-11-7-5-8-12-15)19-21(18,4-2)16-13-9-6-10-14-16/h15-16H,3-14H2,1-2H3. The molecule has 2 saturated carbocycles. The van der Waals surface area contributed by atoms with Gasteiger partial charge in [-0.15, -0.1) is 22.2 Å². The quantitative estimate of drug-likeness (QED) is 0.360. The van der Waals surface area contributed by atoms with Crippen molar-refractivity contribution in [3.05, 3.63) is 0 Å². The average molecular weight is 368 g/mol. The Morgan fingerprint density at radius 1 is 0.714 bits per heavy atom. The largest absolute Gasteiger partial charge is 0.432 e. The van der Waals surface area contributed by atoms with Crippen molar-refractivity contribution < 1.29 is 4.12 Å². The summed E-state index contributed by atoms with van der Waals surface area (Å²) in [5.41, 5.74) is 1.28. The van der Waals surface area contributed by atoms with Gasteiger partial charge in [-0.2, -0.15) is 0 Å². The molecule has 0 N–H and O–H groups in total. The van der Waals surface area contributed by atoms with Crippen LogP contribution in [0.5, 0.6) is 0 Å². The highest BCUT2D eigenvalue weighted by molar-refractivity contribution is 7.27. The second-order valence-electron chi connectivity index (χ2n) is 7.05. The van der Waals surface area contributed by atoms with Crippen molar-refractivity contribution in [3.63, 3.8) is 0 Å². The molecule has 0 heterocycles. The molecule has 21 heavy (non-hydrogen) atoms. The minimum absolute atomic E-state index is 0.638. The molecular formula is C16H32Cl2OSi2. The molecule has 2 aliphatic rings. The molecule has 2 aliphatic carbocycles. The summed E-state index contributed by atoms with van der Waals surface area (Å²) in [5, 5.41) is 0.